The number of carbonyl (C=O) groups is 2. The van der Waals surface area contributed by atoms with E-state index in [1.165, 1.54) is 12.8 Å². The summed E-state index contributed by atoms with van der Waals surface area (Å²) in [6, 6.07) is 0. The number of hydrogen-bond acceptors (Lipinski definition) is 6. The van der Waals surface area contributed by atoms with Crippen LogP contribution in [0.15, 0.2) is 10.2 Å². The molecule has 2 heterocycles. The summed E-state index contributed by atoms with van der Waals surface area (Å²) in [5.74, 6) is 1.02. The van der Waals surface area contributed by atoms with E-state index in [9.17, 15) is 9.59 Å². The van der Waals surface area contributed by atoms with Crippen molar-refractivity contribution >= 4 is 23.6 Å². The van der Waals surface area contributed by atoms with Crippen LogP contribution in [-0.4, -0.2) is 70.8 Å². The molecule has 2 aliphatic carbocycles. The Hall–Kier alpha value is -2.12. The molecule has 4 unspecified atom stereocenters. The number of hydrogen-bond donors (Lipinski definition) is 0. The summed E-state index contributed by atoms with van der Waals surface area (Å²) in [7, 11) is 0. The topological polar surface area (TPSA) is 83.8 Å². The van der Waals surface area contributed by atoms with Gasteiger partial charge in [-0.15, -0.1) is 0 Å². The minimum atomic E-state index is -0.488. The maximum atomic E-state index is 12.7. The number of piperidine rings is 2. The van der Waals surface area contributed by atoms with E-state index in [0.717, 1.165) is 37.1 Å². The molecule has 2 saturated heterocycles. The first-order valence-electron chi connectivity index (χ1n) is 13.0. The van der Waals surface area contributed by atoms with Gasteiger partial charge in [0.05, 0.1) is 11.4 Å². The van der Waals surface area contributed by atoms with Crippen molar-refractivity contribution in [1.29, 1.82) is 0 Å². The van der Waals surface area contributed by atoms with Gasteiger partial charge >= 0.3 is 12.2 Å². The fourth-order valence-electron chi connectivity index (χ4n) is 5.83. The lowest BCUT2D eigenvalue weighted by atomic mass is 9.75. The van der Waals surface area contributed by atoms with Crippen molar-refractivity contribution in [3.63, 3.8) is 0 Å². The van der Waals surface area contributed by atoms with Crippen molar-refractivity contribution in [2.24, 2.45) is 33.9 Å². The van der Waals surface area contributed by atoms with Gasteiger partial charge in [0.1, 0.15) is 11.2 Å². The molecule has 4 aliphatic rings. The van der Waals surface area contributed by atoms with Crippen LogP contribution in [0.5, 0.6) is 0 Å². The number of ether oxygens (including phenoxy) is 2. The van der Waals surface area contributed by atoms with Gasteiger partial charge in [-0.1, -0.05) is 12.8 Å². The summed E-state index contributed by atoms with van der Waals surface area (Å²) in [5.41, 5.74) is 1.34. The van der Waals surface area contributed by atoms with Gasteiger partial charge in [-0.3, -0.25) is 0 Å². The maximum Gasteiger partial charge on any atom is 0.410 e. The van der Waals surface area contributed by atoms with E-state index in [4.69, 9.17) is 19.7 Å². The zero-order valence-electron chi connectivity index (χ0n) is 21.8. The number of likely N-dealkylation sites (tertiary alicyclic amines) is 2. The summed E-state index contributed by atoms with van der Waals surface area (Å²) in [6.07, 6.45) is 6.05. The predicted octanol–water partition coefficient (Wildman–Crippen LogP) is 5.12. The predicted molar refractivity (Wildman–Crippen MR) is 132 cm³/mol. The summed E-state index contributed by atoms with van der Waals surface area (Å²) in [6.45, 7) is 14.1. The van der Waals surface area contributed by atoms with Crippen LogP contribution in [0.3, 0.4) is 0 Å². The molecule has 0 spiro atoms. The van der Waals surface area contributed by atoms with E-state index in [0.29, 0.717) is 26.2 Å². The molecule has 2 aliphatic heterocycles. The molecule has 4 rings (SSSR count). The molecule has 4 bridgehead atoms. The Bertz CT molecular complexity index is 752. The van der Waals surface area contributed by atoms with Crippen LogP contribution in [0.2, 0.25) is 0 Å². The molecule has 34 heavy (non-hydrogen) atoms. The number of fused-ring (bicyclic) bond motifs is 4. The SMILES string of the molecule is CC(C)(C)OC(=O)N1CC2CCCC(C1)C2=NN=C1C2CCCC1CN(C(=O)OC(C)(C)C)C2. The number of amides is 2. The summed E-state index contributed by atoms with van der Waals surface area (Å²) in [4.78, 5) is 29.0. The average molecular weight is 475 g/mol. The van der Waals surface area contributed by atoms with Crippen molar-refractivity contribution < 1.29 is 19.1 Å². The summed E-state index contributed by atoms with van der Waals surface area (Å²) < 4.78 is 11.2. The molecule has 2 saturated carbocycles. The second-order valence-corrected chi connectivity index (χ2v) is 12.5. The van der Waals surface area contributed by atoms with Crippen molar-refractivity contribution in [1.82, 2.24) is 9.80 Å². The minimum Gasteiger partial charge on any atom is -0.444 e. The highest BCUT2D eigenvalue weighted by atomic mass is 16.6. The highest BCUT2D eigenvalue weighted by Crippen LogP contribution is 2.36. The Morgan fingerprint density at radius 3 is 1.21 bits per heavy atom. The monoisotopic (exact) mass is 474 g/mol. The van der Waals surface area contributed by atoms with Gasteiger partial charge in [0.25, 0.3) is 0 Å². The molecular weight excluding hydrogens is 432 g/mol. The zero-order valence-corrected chi connectivity index (χ0v) is 21.8. The molecule has 4 atom stereocenters. The molecule has 8 nitrogen and oxygen atoms in total. The van der Waals surface area contributed by atoms with Crippen LogP contribution in [0, 0.1) is 23.7 Å². The molecule has 0 radical (unpaired) electrons. The number of nitrogens with zero attached hydrogens (tertiary/aromatic N) is 4. The molecule has 8 heteroatoms. The Labute approximate surface area is 204 Å². The van der Waals surface area contributed by atoms with Crippen molar-refractivity contribution in [2.45, 2.75) is 91.3 Å². The second-order valence-electron chi connectivity index (χ2n) is 12.5. The van der Waals surface area contributed by atoms with E-state index < -0.39 is 11.2 Å². The van der Waals surface area contributed by atoms with Gasteiger partial charge in [0, 0.05) is 49.9 Å². The van der Waals surface area contributed by atoms with Gasteiger partial charge < -0.3 is 19.3 Å². The fourth-order valence-corrected chi connectivity index (χ4v) is 5.83. The third-order valence-electron chi connectivity index (χ3n) is 7.23. The van der Waals surface area contributed by atoms with Gasteiger partial charge in [-0.25, -0.2) is 9.59 Å². The molecule has 0 aromatic rings. The normalized spacial score (nSPS) is 29.5. The number of carbonyl (C=O) groups excluding carboxylic acids is 2. The maximum absolute atomic E-state index is 12.7. The van der Waals surface area contributed by atoms with E-state index in [1.54, 1.807) is 0 Å². The van der Waals surface area contributed by atoms with Crippen LogP contribution in [0.25, 0.3) is 0 Å². The Morgan fingerprint density at radius 1 is 0.647 bits per heavy atom. The first-order chi connectivity index (χ1) is 15.9. The van der Waals surface area contributed by atoms with Gasteiger partial charge in [-0.05, 0) is 67.2 Å². The quantitative estimate of drug-likeness (QED) is 0.494. The molecule has 0 aromatic carbocycles. The zero-order chi connectivity index (χ0) is 24.7. The lowest BCUT2D eigenvalue weighted by Gasteiger charge is -2.43. The molecule has 2 amide bonds. The van der Waals surface area contributed by atoms with Crippen molar-refractivity contribution in [3.8, 4) is 0 Å². The van der Waals surface area contributed by atoms with Gasteiger partial charge in [-0.2, -0.15) is 10.2 Å². The first-order valence-corrected chi connectivity index (χ1v) is 13.0. The molecule has 190 valence electrons. The Balaban J connectivity index is 1.46. The fraction of sp³-hybridized carbons (Fsp3) is 0.846. The van der Waals surface area contributed by atoms with Crippen LogP contribution in [0.1, 0.15) is 80.1 Å². The first kappa shape index (κ1) is 25.0. The lowest BCUT2D eigenvalue weighted by molar-refractivity contribution is 0.0160. The highest BCUT2D eigenvalue weighted by molar-refractivity contribution is 5.95. The van der Waals surface area contributed by atoms with Crippen molar-refractivity contribution in [3.05, 3.63) is 0 Å². The molecule has 0 N–H and O–H groups in total. The largest absolute Gasteiger partial charge is 0.444 e. The molecule has 0 aromatic heterocycles. The van der Waals surface area contributed by atoms with Gasteiger partial charge in [0.15, 0.2) is 0 Å². The van der Waals surface area contributed by atoms with E-state index in [1.807, 2.05) is 51.3 Å². The molecule has 4 fully saturated rings. The van der Waals surface area contributed by atoms with Crippen LogP contribution in [-0.2, 0) is 9.47 Å². The van der Waals surface area contributed by atoms with E-state index in [-0.39, 0.29) is 35.9 Å². The van der Waals surface area contributed by atoms with Gasteiger partial charge in [0.2, 0.25) is 0 Å². The van der Waals surface area contributed by atoms with Crippen molar-refractivity contribution in [2.75, 3.05) is 26.2 Å². The third kappa shape index (κ3) is 5.92. The Kier molecular flexibility index (Phi) is 6.98. The standard InChI is InChI=1S/C26H42N4O4/c1-25(2,3)33-23(31)29-13-17-9-7-10-18(14-29)21(17)27-28-22-19-11-8-12-20(22)16-30(15-19)24(32)34-26(4,5)6/h17-20H,7-16H2,1-6H3. The summed E-state index contributed by atoms with van der Waals surface area (Å²) in [5, 5.41) is 9.73. The van der Waals surface area contributed by atoms with Crippen LogP contribution in [0.4, 0.5) is 9.59 Å². The lowest BCUT2D eigenvalue weighted by Crippen LogP contribution is -2.53. The second kappa shape index (κ2) is 9.50. The highest BCUT2D eigenvalue weighted by Gasteiger charge is 2.41. The summed E-state index contributed by atoms with van der Waals surface area (Å²) >= 11 is 0. The average Bonchev–Trinajstić information content (AvgIpc) is 2.68. The smallest absolute Gasteiger partial charge is 0.410 e. The Morgan fingerprint density at radius 2 is 0.941 bits per heavy atom. The molecular formula is C26H42N4O4. The minimum absolute atomic E-state index is 0.223. The number of rotatable bonds is 1. The van der Waals surface area contributed by atoms with Crippen LogP contribution < -0.4 is 0 Å². The van der Waals surface area contributed by atoms with E-state index in [2.05, 4.69) is 0 Å². The van der Waals surface area contributed by atoms with Crippen LogP contribution >= 0.6 is 0 Å². The third-order valence-corrected chi connectivity index (χ3v) is 7.23. The van der Waals surface area contributed by atoms with E-state index >= 15 is 0 Å².